The van der Waals surface area contributed by atoms with Crippen molar-refractivity contribution in [1.29, 1.82) is 0 Å². The van der Waals surface area contributed by atoms with Crippen molar-refractivity contribution in [1.82, 2.24) is 0 Å². The first-order valence-corrected chi connectivity index (χ1v) is 4.98. The smallest absolute Gasteiger partial charge is 0.306 e. The summed E-state index contributed by atoms with van der Waals surface area (Å²) in [5.74, 6) is -0.267. The van der Waals surface area contributed by atoms with Gasteiger partial charge < -0.3 is 9.47 Å². The minimum Gasteiger partial charge on any atom is -0.469 e. The van der Waals surface area contributed by atoms with Gasteiger partial charge in [-0.3, -0.25) is 9.59 Å². The Morgan fingerprint density at radius 2 is 2.36 bits per heavy atom. The Hall–Kier alpha value is -1.06. The van der Waals surface area contributed by atoms with Crippen LogP contribution in [0.15, 0.2) is 0 Å². The molecule has 0 bridgehead atoms. The summed E-state index contributed by atoms with van der Waals surface area (Å²) in [6.45, 7) is 0. The van der Waals surface area contributed by atoms with Gasteiger partial charge in [-0.2, -0.15) is 0 Å². The number of esters is 2. The number of methoxy groups -OCH3 is 1. The van der Waals surface area contributed by atoms with E-state index in [9.17, 15) is 9.59 Å². The summed E-state index contributed by atoms with van der Waals surface area (Å²) >= 11 is 0. The molecule has 0 radical (unpaired) electrons. The highest BCUT2D eigenvalue weighted by Gasteiger charge is 2.22. The fourth-order valence-corrected chi connectivity index (χ4v) is 1.53. The molecule has 1 fully saturated rings. The van der Waals surface area contributed by atoms with Gasteiger partial charge in [0.2, 0.25) is 0 Å². The third-order valence-corrected chi connectivity index (χ3v) is 2.35. The predicted molar refractivity (Wildman–Crippen MR) is 49.6 cm³/mol. The number of hydrogen-bond acceptors (Lipinski definition) is 4. The molecular formula is C10H16O4. The zero-order valence-electron chi connectivity index (χ0n) is 8.45. The number of carbonyl (C=O) groups excluding carboxylic acids is 2. The Morgan fingerprint density at radius 3 is 2.93 bits per heavy atom. The van der Waals surface area contributed by atoms with Crippen molar-refractivity contribution < 1.29 is 19.1 Å². The average molecular weight is 200 g/mol. The fourth-order valence-electron chi connectivity index (χ4n) is 1.53. The zero-order valence-corrected chi connectivity index (χ0v) is 8.45. The molecule has 0 aromatic rings. The molecule has 1 saturated heterocycles. The maximum atomic E-state index is 10.8. The van der Waals surface area contributed by atoms with Crippen LogP contribution >= 0.6 is 0 Å². The molecule has 0 spiro atoms. The van der Waals surface area contributed by atoms with Crippen LogP contribution < -0.4 is 0 Å². The van der Waals surface area contributed by atoms with Crippen LogP contribution in [0, 0.1) is 0 Å². The quantitative estimate of drug-likeness (QED) is 0.497. The Labute approximate surface area is 83.6 Å². The monoisotopic (exact) mass is 200 g/mol. The molecule has 1 heterocycles. The normalized spacial score (nSPS) is 20.6. The molecule has 0 N–H and O–H groups in total. The van der Waals surface area contributed by atoms with Crippen LogP contribution in [0.5, 0.6) is 0 Å². The minimum atomic E-state index is -0.173. The number of carbonyl (C=O) groups is 2. The average Bonchev–Trinajstić information content (AvgIpc) is 2.58. The van der Waals surface area contributed by atoms with Crippen LogP contribution in [0.1, 0.15) is 38.5 Å². The molecule has 1 aliphatic rings. The van der Waals surface area contributed by atoms with Crippen LogP contribution in [0.4, 0.5) is 0 Å². The number of cyclic esters (lactones) is 1. The molecule has 4 nitrogen and oxygen atoms in total. The van der Waals surface area contributed by atoms with Crippen molar-refractivity contribution in [3.05, 3.63) is 0 Å². The first-order valence-electron chi connectivity index (χ1n) is 4.98. The molecule has 1 rings (SSSR count). The molecule has 0 aromatic carbocycles. The van der Waals surface area contributed by atoms with Gasteiger partial charge in [-0.05, 0) is 25.7 Å². The lowest BCUT2D eigenvalue weighted by Gasteiger charge is -2.07. The minimum absolute atomic E-state index is 0.0835. The van der Waals surface area contributed by atoms with Gasteiger partial charge in [-0.15, -0.1) is 0 Å². The first kappa shape index (κ1) is 11.0. The number of ether oxygens (including phenoxy) is 2. The molecule has 0 amide bonds. The van der Waals surface area contributed by atoms with E-state index in [0.717, 1.165) is 25.7 Å². The van der Waals surface area contributed by atoms with E-state index in [4.69, 9.17) is 4.74 Å². The van der Waals surface area contributed by atoms with Crippen LogP contribution in [0.3, 0.4) is 0 Å². The molecule has 4 heteroatoms. The number of rotatable bonds is 5. The SMILES string of the molecule is COC(=O)CCCCC1CCC(=O)O1. The van der Waals surface area contributed by atoms with E-state index in [1.165, 1.54) is 7.11 Å². The van der Waals surface area contributed by atoms with Crippen LogP contribution in [-0.4, -0.2) is 25.2 Å². The van der Waals surface area contributed by atoms with E-state index in [-0.39, 0.29) is 18.0 Å². The van der Waals surface area contributed by atoms with Crippen molar-refractivity contribution in [2.45, 2.75) is 44.6 Å². The lowest BCUT2D eigenvalue weighted by molar-refractivity contribution is -0.142. The standard InChI is InChI=1S/C10H16O4/c1-13-9(11)5-3-2-4-8-6-7-10(12)14-8/h8H,2-7H2,1H3. The maximum absolute atomic E-state index is 10.8. The predicted octanol–water partition coefficient (Wildman–Crippen LogP) is 1.43. The molecular weight excluding hydrogens is 184 g/mol. The Bertz CT molecular complexity index is 212. The largest absolute Gasteiger partial charge is 0.469 e. The van der Waals surface area contributed by atoms with Gasteiger partial charge in [0.15, 0.2) is 0 Å². The summed E-state index contributed by atoms with van der Waals surface area (Å²) in [6.07, 6.45) is 4.49. The lowest BCUT2D eigenvalue weighted by Crippen LogP contribution is -2.07. The molecule has 80 valence electrons. The van der Waals surface area contributed by atoms with Crippen molar-refractivity contribution in [2.75, 3.05) is 7.11 Å². The van der Waals surface area contributed by atoms with Crippen LogP contribution in [0.25, 0.3) is 0 Å². The first-order chi connectivity index (χ1) is 6.72. The topological polar surface area (TPSA) is 52.6 Å². The zero-order chi connectivity index (χ0) is 10.4. The summed E-state index contributed by atoms with van der Waals surface area (Å²) in [5.41, 5.74) is 0. The Balaban J connectivity index is 1.99. The van der Waals surface area contributed by atoms with Crippen molar-refractivity contribution in [3.63, 3.8) is 0 Å². The molecule has 0 aromatic heterocycles. The highest BCUT2D eigenvalue weighted by atomic mass is 16.5. The molecule has 1 unspecified atom stereocenters. The second kappa shape index (κ2) is 5.62. The van der Waals surface area contributed by atoms with Gasteiger partial charge in [0.05, 0.1) is 7.11 Å². The van der Waals surface area contributed by atoms with E-state index < -0.39 is 0 Å². The summed E-state index contributed by atoms with van der Waals surface area (Å²) < 4.78 is 9.55. The fraction of sp³-hybridized carbons (Fsp3) is 0.800. The van der Waals surface area contributed by atoms with Gasteiger partial charge in [-0.1, -0.05) is 0 Å². The van der Waals surface area contributed by atoms with E-state index in [0.29, 0.717) is 12.8 Å². The van der Waals surface area contributed by atoms with Gasteiger partial charge in [0.1, 0.15) is 6.10 Å². The molecule has 0 saturated carbocycles. The van der Waals surface area contributed by atoms with E-state index in [1.54, 1.807) is 0 Å². The maximum Gasteiger partial charge on any atom is 0.306 e. The Kier molecular flexibility index (Phi) is 4.43. The molecule has 1 atom stereocenters. The summed E-state index contributed by atoms with van der Waals surface area (Å²) in [5, 5.41) is 0. The number of hydrogen-bond donors (Lipinski definition) is 0. The summed E-state index contributed by atoms with van der Waals surface area (Å²) in [7, 11) is 1.39. The van der Waals surface area contributed by atoms with Crippen molar-refractivity contribution >= 4 is 11.9 Å². The molecule has 1 aliphatic heterocycles. The van der Waals surface area contributed by atoms with Crippen molar-refractivity contribution in [2.24, 2.45) is 0 Å². The van der Waals surface area contributed by atoms with Gasteiger partial charge in [-0.25, -0.2) is 0 Å². The second-order valence-corrected chi connectivity index (χ2v) is 3.47. The summed E-state index contributed by atoms with van der Waals surface area (Å²) in [4.78, 5) is 21.5. The third kappa shape index (κ3) is 3.77. The Morgan fingerprint density at radius 1 is 1.57 bits per heavy atom. The van der Waals surface area contributed by atoms with Gasteiger partial charge in [0.25, 0.3) is 0 Å². The van der Waals surface area contributed by atoms with E-state index in [1.807, 2.05) is 0 Å². The highest BCUT2D eigenvalue weighted by molar-refractivity contribution is 5.71. The highest BCUT2D eigenvalue weighted by Crippen LogP contribution is 2.19. The second-order valence-electron chi connectivity index (χ2n) is 3.47. The van der Waals surface area contributed by atoms with E-state index in [2.05, 4.69) is 4.74 Å². The van der Waals surface area contributed by atoms with Gasteiger partial charge in [0, 0.05) is 12.8 Å². The molecule has 14 heavy (non-hydrogen) atoms. The van der Waals surface area contributed by atoms with Crippen LogP contribution in [-0.2, 0) is 19.1 Å². The van der Waals surface area contributed by atoms with Crippen LogP contribution in [0.2, 0.25) is 0 Å². The summed E-state index contributed by atoms with van der Waals surface area (Å²) in [6, 6.07) is 0. The van der Waals surface area contributed by atoms with Gasteiger partial charge >= 0.3 is 11.9 Å². The number of unbranched alkanes of at least 4 members (excludes halogenated alkanes) is 1. The van der Waals surface area contributed by atoms with Crippen molar-refractivity contribution in [3.8, 4) is 0 Å². The third-order valence-electron chi connectivity index (χ3n) is 2.35. The molecule has 0 aliphatic carbocycles. The lowest BCUT2D eigenvalue weighted by atomic mass is 10.1. The van der Waals surface area contributed by atoms with E-state index >= 15 is 0 Å².